The molecule has 1 heterocycles. The van der Waals surface area contributed by atoms with Gasteiger partial charge in [0, 0.05) is 11.9 Å². The quantitative estimate of drug-likeness (QED) is 0.617. The fourth-order valence-corrected chi connectivity index (χ4v) is 1.18. The molecule has 0 aliphatic carbocycles. The van der Waals surface area contributed by atoms with Crippen molar-refractivity contribution < 1.29 is 0 Å². The summed E-state index contributed by atoms with van der Waals surface area (Å²) in [5, 5.41) is 5.82. The molecule has 0 amide bonds. The molecule has 1 rings (SSSR count). The van der Waals surface area contributed by atoms with Crippen LogP contribution in [0.4, 0.5) is 0 Å². The fraction of sp³-hybridized carbons (Fsp3) is 0.429. The molecule has 0 unspecified atom stereocenters. The molecule has 0 N–H and O–H groups in total. The topological polar surface area (TPSA) is 29.0 Å². The molecule has 0 fully saturated rings. The maximum absolute atomic E-state index is 5.13. The number of rotatable bonds is 3. The van der Waals surface area contributed by atoms with Crippen LogP contribution in [-0.4, -0.2) is 28.1 Å². The zero-order valence-corrected chi connectivity index (χ0v) is 7.14. The van der Waals surface area contributed by atoms with Crippen LogP contribution < -0.4 is 0 Å². The Balaban J connectivity index is 2.38. The minimum absolute atomic E-state index is 0.650. The molecule has 0 saturated heterocycles. The van der Waals surface area contributed by atoms with Crippen LogP contribution in [0.1, 0.15) is 5.69 Å². The first-order valence-electron chi connectivity index (χ1n) is 3.21. The van der Waals surface area contributed by atoms with Crippen LogP contribution in [0.15, 0.2) is 5.38 Å². The van der Waals surface area contributed by atoms with Gasteiger partial charge in [-0.05, 0) is 18.6 Å². The Hall–Kier alpha value is -0.920. The van der Waals surface area contributed by atoms with E-state index in [1.165, 1.54) is 11.5 Å². The summed E-state index contributed by atoms with van der Waals surface area (Å²) in [4.78, 5) is 2.01. The van der Waals surface area contributed by atoms with E-state index in [4.69, 9.17) is 6.42 Å². The van der Waals surface area contributed by atoms with Gasteiger partial charge < -0.3 is 0 Å². The first-order chi connectivity index (χ1) is 5.33. The lowest BCUT2D eigenvalue weighted by molar-refractivity contribution is 0.364. The maximum atomic E-state index is 5.13. The van der Waals surface area contributed by atoms with Crippen molar-refractivity contribution in [1.29, 1.82) is 0 Å². The van der Waals surface area contributed by atoms with Crippen molar-refractivity contribution in [2.24, 2.45) is 0 Å². The Bertz CT molecular complexity index is 237. The Labute approximate surface area is 70.2 Å². The van der Waals surface area contributed by atoms with E-state index in [-0.39, 0.29) is 0 Å². The number of aromatic nitrogens is 2. The van der Waals surface area contributed by atoms with Crippen LogP contribution in [0.2, 0.25) is 0 Å². The predicted molar refractivity (Wildman–Crippen MR) is 45.1 cm³/mol. The van der Waals surface area contributed by atoms with E-state index in [0.29, 0.717) is 6.54 Å². The van der Waals surface area contributed by atoms with Crippen LogP contribution in [0.3, 0.4) is 0 Å². The number of nitrogens with zero attached hydrogens (tertiary/aromatic N) is 3. The SMILES string of the molecule is C#CCN(C)Cc1csnn1. The molecule has 3 nitrogen and oxygen atoms in total. The third-order valence-electron chi connectivity index (χ3n) is 1.20. The second kappa shape index (κ2) is 4.06. The van der Waals surface area contributed by atoms with E-state index in [1.54, 1.807) is 0 Å². The van der Waals surface area contributed by atoms with Crippen LogP contribution >= 0.6 is 11.5 Å². The third kappa shape index (κ3) is 2.66. The van der Waals surface area contributed by atoms with E-state index in [0.717, 1.165) is 12.2 Å². The van der Waals surface area contributed by atoms with Crippen LogP contribution in [0.25, 0.3) is 0 Å². The fourth-order valence-electron chi connectivity index (χ4n) is 0.741. The standard InChI is InChI=1S/C7H9N3S/c1-3-4-10(2)5-7-6-11-9-8-7/h1,6H,4-5H2,2H3. The van der Waals surface area contributed by atoms with Crippen LogP contribution in [0.5, 0.6) is 0 Å². The van der Waals surface area contributed by atoms with Gasteiger partial charge in [0.15, 0.2) is 0 Å². The third-order valence-corrected chi connectivity index (χ3v) is 1.75. The molecule has 0 aromatic carbocycles. The predicted octanol–water partition coefficient (Wildman–Crippen LogP) is 0.603. The van der Waals surface area contributed by atoms with Crippen LogP contribution in [-0.2, 0) is 6.54 Å². The zero-order chi connectivity index (χ0) is 8.10. The summed E-state index contributed by atoms with van der Waals surface area (Å²) in [6.45, 7) is 1.43. The van der Waals surface area contributed by atoms with Crippen LogP contribution in [0, 0.1) is 12.3 Å². The lowest BCUT2D eigenvalue weighted by Crippen LogP contribution is -2.17. The number of hydrogen-bond acceptors (Lipinski definition) is 4. The molecule has 0 radical (unpaired) electrons. The highest BCUT2D eigenvalue weighted by Crippen LogP contribution is 1.99. The van der Waals surface area contributed by atoms with Crippen molar-refractivity contribution >= 4 is 11.5 Å². The first-order valence-corrected chi connectivity index (χ1v) is 4.04. The molecular weight excluding hydrogens is 158 g/mol. The van der Waals surface area contributed by atoms with Crippen molar-refractivity contribution in [2.75, 3.05) is 13.6 Å². The normalized spacial score (nSPS) is 9.91. The average molecular weight is 167 g/mol. The van der Waals surface area contributed by atoms with E-state index in [1.807, 2.05) is 17.3 Å². The summed E-state index contributed by atoms with van der Waals surface area (Å²) in [7, 11) is 1.96. The average Bonchev–Trinajstić information content (AvgIpc) is 2.40. The minimum atomic E-state index is 0.650. The highest BCUT2D eigenvalue weighted by atomic mass is 32.1. The Morgan fingerprint density at radius 1 is 1.82 bits per heavy atom. The molecular formula is C7H9N3S. The second-order valence-corrected chi connectivity index (χ2v) is 2.88. The van der Waals surface area contributed by atoms with Crippen molar-refractivity contribution in [3.63, 3.8) is 0 Å². The summed E-state index contributed by atoms with van der Waals surface area (Å²) in [6.07, 6.45) is 5.13. The van der Waals surface area contributed by atoms with E-state index >= 15 is 0 Å². The van der Waals surface area contributed by atoms with E-state index < -0.39 is 0 Å². The zero-order valence-electron chi connectivity index (χ0n) is 6.32. The molecule has 1 aromatic rings. The van der Waals surface area contributed by atoms with Crippen molar-refractivity contribution in [2.45, 2.75) is 6.54 Å². The maximum Gasteiger partial charge on any atom is 0.0895 e. The molecule has 1 aromatic heterocycles. The van der Waals surface area contributed by atoms with E-state index in [9.17, 15) is 0 Å². The number of terminal acetylenes is 1. The summed E-state index contributed by atoms with van der Waals surface area (Å²) >= 11 is 1.36. The lowest BCUT2D eigenvalue weighted by atomic mass is 10.4. The van der Waals surface area contributed by atoms with Gasteiger partial charge in [0.25, 0.3) is 0 Å². The molecule has 58 valence electrons. The number of hydrogen-bond donors (Lipinski definition) is 0. The Morgan fingerprint density at radius 2 is 2.64 bits per heavy atom. The largest absolute Gasteiger partial charge is 0.289 e. The smallest absolute Gasteiger partial charge is 0.0895 e. The minimum Gasteiger partial charge on any atom is -0.289 e. The molecule has 4 heteroatoms. The summed E-state index contributed by atoms with van der Waals surface area (Å²) in [5.41, 5.74) is 0.979. The Morgan fingerprint density at radius 3 is 3.18 bits per heavy atom. The van der Waals surface area contributed by atoms with Gasteiger partial charge in [0.1, 0.15) is 0 Å². The van der Waals surface area contributed by atoms with Gasteiger partial charge in [0.05, 0.1) is 12.2 Å². The Kier molecular flexibility index (Phi) is 3.02. The molecule has 0 atom stereocenters. The summed E-state index contributed by atoms with van der Waals surface area (Å²) < 4.78 is 3.75. The molecule has 11 heavy (non-hydrogen) atoms. The van der Waals surface area contributed by atoms with Gasteiger partial charge in [-0.25, -0.2) is 0 Å². The first kappa shape index (κ1) is 8.18. The molecule has 0 spiro atoms. The van der Waals surface area contributed by atoms with E-state index in [2.05, 4.69) is 15.5 Å². The monoisotopic (exact) mass is 167 g/mol. The van der Waals surface area contributed by atoms with Gasteiger partial charge in [-0.1, -0.05) is 10.4 Å². The molecule has 0 aliphatic rings. The molecule has 0 aliphatic heterocycles. The van der Waals surface area contributed by atoms with Gasteiger partial charge in [0.2, 0.25) is 0 Å². The van der Waals surface area contributed by atoms with Gasteiger partial charge in [-0.15, -0.1) is 11.5 Å². The van der Waals surface area contributed by atoms with Crippen molar-refractivity contribution in [1.82, 2.24) is 14.5 Å². The van der Waals surface area contributed by atoms with Crippen molar-refractivity contribution in [3.8, 4) is 12.3 Å². The van der Waals surface area contributed by atoms with Gasteiger partial charge >= 0.3 is 0 Å². The second-order valence-electron chi connectivity index (χ2n) is 2.27. The van der Waals surface area contributed by atoms with Gasteiger partial charge in [-0.2, -0.15) is 0 Å². The van der Waals surface area contributed by atoms with Gasteiger partial charge in [-0.3, -0.25) is 4.90 Å². The highest BCUT2D eigenvalue weighted by Gasteiger charge is 1.99. The highest BCUT2D eigenvalue weighted by molar-refractivity contribution is 7.03. The summed E-state index contributed by atoms with van der Waals surface area (Å²) in [5.74, 6) is 2.56. The molecule has 0 bridgehead atoms. The van der Waals surface area contributed by atoms with Crippen molar-refractivity contribution in [3.05, 3.63) is 11.1 Å². The summed E-state index contributed by atoms with van der Waals surface area (Å²) in [6, 6.07) is 0. The lowest BCUT2D eigenvalue weighted by Gasteiger charge is -2.09. The molecule has 0 saturated carbocycles.